The summed E-state index contributed by atoms with van der Waals surface area (Å²) in [5.74, 6) is 0.120. The van der Waals surface area contributed by atoms with Crippen molar-refractivity contribution in [2.24, 2.45) is 0 Å². The Balaban J connectivity index is 2.19. The first-order valence-corrected chi connectivity index (χ1v) is 9.41. The van der Waals surface area contributed by atoms with Crippen LogP contribution in [0, 0.1) is 0 Å². The maximum absolute atomic E-state index is 13.4. The minimum absolute atomic E-state index is 0.0371. The predicted molar refractivity (Wildman–Crippen MR) is 112 cm³/mol. The molecule has 0 radical (unpaired) electrons. The Labute approximate surface area is 174 Å². The van der Waals surface area contributed by atoms with Crippen molar-refractivity contribution in [2.75, 3.05) is 14.2 Å². The minimum atomic E-state index is -1.03. The number of carboxylic acids is 1. The molecule has 3 rings (SSSR count). The molecule has 2 aromatic carbocycles. The standard InChI is InChI=1S/C23H23NO6/c1-13(2)30-17-7-5-6-14(9-17)23(27)22-18-12-20(29-4)19(28-3)10-15(18)8-16(24-22)11-21(25)26/h5-10,12-13H,11H2,1-4H3,(H,25,26). The molecule has 1 heterocycles. The lowest BCUT2D eigenvalue weighted by Crippen LogP contribution is -2.11. The summed E-state index contributed by atoms with van der Waals surface area (Å²) in [5.41, 5.74) is 0.816. The summed E-state index contributed by atoms with van der Waals surface area (Å²) in [5, 5.41) is 10.4. The maximum Gasteiger partial charge on any atom is 0.309 e. The number of ketones is 1. The van der Waals surface area contributed by atoms with E-state index in [2.05, 4.69) is 4.98 Å². The number of fused-ring (bicyclic) bond motifs is 1. The van der Waals surface area contributed by atoms with Gasteiger partial charge in [0.2, 0.25) is 5.78 Å². The molecule has 0 atom stereocenters. The van der Waals surface area contributed by atoms with Crippen molar-refractivity contribution >= 4 is 22.5 Å². The number of hydrogen-bond acceptors (Lipinski definition) is 6. The van der Waals surface area contributed by atoms with Gasteiger partial charge in [0.15, 0.2) is 11.5 Å². The smallest absolute Gasteiger partial charge is 0.309 e. The summed E-state index contributed by atoms with van der Waals surface area (Å²) in [6.07, 6.45) is -0.342. The first-order valence-electron chi connectivity index (χ1n) is 9.41. The average molecular weight is 409 g/mol. The van der Waals surface area contributed by atoms with E-state index in [4.69, 9.17) is 14.2 Å². The molecule has 0 aliphatic heterocycles. The van der Waals surface area contributed by atoms with Gasteiger partial charge in [0.05, 0.1) is 32.4 Å². The van der Waals surface area contributed by atoms with E-state index in [-0.39, 0.29) is 29.7 Å². The molecule has 0 saturated carbocycles. The van der Waals surface area contributed by atoms with Crippen molar-refractivity contribution in [1.82, 2.24) is 4.98 Å². The topological polar surface area (TPSA) is 95.0 Å². The number of aliphatic carboxylic acids is 1. The van der Waals surface area contributed by atoms with E-state index in [1.807, 2.05) is 13.8 Å². The summed E-state index contributed by atoms with van der Waals surface area (Å²) < 4.78 is 16.4. The zero-order valence-electron chi connectivity index (χ0n) is 17.3. The van der Waals surface area contributed by atoms with Crippen LogP contribution in [0.1, 0.15) is 35.6 Å². The highest BCUT2D eigenvalue weighted by molar-refractivity contribution is 6.15. The van der Waals surface area contributed by atoms with Crippen LogP contribution >= 0.6 is 0 Å². The molecule has 156 valence electrons. The number of hydrogen-bond donors (Lipinski definition) is 1. The molecule has 1 aromatic heterocycles. The van der Waals surface area contributed by atoms with Crippen LogP contribution in [0.5, 0.6) is 17.2 Å². The molecule has 0 amide bonds. The van der Waals surface area contributed by atoms with Crippen LogP contribution < -0.4 is 14.2 Å². The van der Waals surface area contributed by atoms with Gasteiger partial charge in [-0.1, -0.05) is 12.1 Å². The number of methoxy groups -OCH3 is 2. The predicted octanol–water partition coefficient (Wildman–Crippen LogP) is 3.90. The van der Waals surface area contributed by atoms with Crippen LogP contribution in [-0.4, -0.2) is 42.2 Å². The Bertz CT molecular complexity index is 1110. The summed E-state index contributed by atoms with van der Waals surface area (Å²) in [6, 6.07) is 11.9. The third-order valence-electron chi connectivity index (χ3n) is 4.40. The van der Waals surface area contributed by atoms with Gasteiger partial charge in [-0.05, 0) is 49.6 Å². The fourth-order valence-corrected chi connectivity index (χ4v) is 3.17. The molecule has 0 saturated heterocycles. The van der Waals surface area contributed by atoms with Crippen molar-refractivity contribution < 1.29 is 28.9 Å². The molecule has 0 aliphatic carbocycles. The van der Waals surface area contributed by atoms with Gasteiger partial charge < -0.3 is 19.3 Å². The third kappa shape index (κ3) is 4.51. The van der Waals surface area contributed by atoms with Crippen molar-refractivity contribution in [3.8, 4) is 17.2 Å². The third-order valence-corrected chi connectivity index (χ3v) is 4.40. The Hall–Kier alpha value is -3.61. The highest BCUT2D eigenvalue weighted by atomic mass is 16.5. The van der Waals surface area contributed by atoms with Crippen molar-refractivity contribution in [1.29, 1.82) is 0 Å². The lowest BCUT2D eigenvalue weighted by Gasteiger charge is -2.14. The molecule has 30 heavy (non-hydrogen) atoms. The van der Waals surface area contributed by atoms with Crippen LogP contribution in [-0.2, 0) is 11.2 Å². The zero-order valence-corrected chi connectivity index (χ0v) is 17.3. The van der Waals surface area contributed by atoms with Gasteiger partial charge in [-0.2, -0.15) is 0 Å². The number of nitrogens with zero attached hydrogens (tertiary/aromatic N) is 1. The number of ether oxygens (including phenoxy) is 3. The van der Waals surface area contributed by atoms with E-state index in [1.165, 1.54) is 14.2 Å². The van der Waals surface area contributed by atoms with Gasteiger partial charge in [-0.3, -0.25) is 9.59 Å². The molecule has 3 aromatic rings. The molecule has 0 bridgehead atoms. The molecular weight excluding hydrogens is 386 g/mol. The van der Waals surface area contributed by atoms with E-state index in [0.717, 1.165) is 0 Å². The van der Waals surface area contributed by atoms with Gasteiger partial charge in [0, 0.05) is 10.9 Å². The maximum atomic E-state index is 13.4. The molecule has 0 aliphatic rings. The molecule has 1 N–H and O–H groups in total. The van der Waals surface area contributed by atoms with Crippen molar-refractivity contribution in [3.63, 3.8) is 0 Å². The Morgan fingerprint density at radius 1 is 1.03 bits per heavy atom. The fraction of sp³-hybridized carbons (Fsp3) is 0.261. The summed E-state index contributed by atoms with van der Waals surface area (Å²) in [4.78, 5) is 29.0. The van der Waals surface area contributed by atoms with Gasteiger partial charge in [-0.25, -0.2) is 4.98 Å². The van der Waals surface area contributed by atoms with Gasteiger partial charge in [-0.15, -0.1) is 0 Å². The quantitative estimate of drug-likeness (QED) is 0.564. The number of pyridine rings is 1. The average Bonchev–Trinajstić information content (AvgIpc) is 2.70. The van der Waals surface area contributed by atoms with Crippen molar-refractivity contribution in [3.05, 3.63) is 59.4 Å². The number of rotatable bonds is 8. The highest BCUT2D eigenvalue weighted by Gasteiger charge is 2.20. The first kappa shape index (κ1) is 21.1. The Morgan fingerprint density at radius 3 is 2.37 bits per heavy atom. The lowest BCUT2D eigenvalue weighted by molar-refractivity contribution is -0.136. The van der Waals surface area contributed by atoms with Crippen LogP contribution in [0.15, 0.2) is 42.5 Å². The van der Waals surface area contributed by atoms with Crippen LogP contribution in [0.3, 0.4) is 0 Å². The number of carboxylic acid groups (broad SMARTS) is 1. The highest BCUT2D eigenvalue weighted by Crippen LogP contribution is 2.34. The second kappa shape index (κ2) is 8.82. The Morgan fingerprint density at radius 2 is 1.73 bits per heavy atom. The van der Waals surface area contributed by atoms with E-state index in [0.29, 0.717) is 33.6 Å². The first-order chi connectivity index (χ1) is 14.3. The van der Waals surface area contributed by atoms with Crippen LogP contribution in [0.25, 0.3) is 10.8 Å². The SMILES string of the molecule is COc1cc2cc(CC(=O)O)nc(C(=O)c3cccc(OC(C)C)c3)c2cc1OC. The van der Waals surface area contributed by atoms with Gasteiger partial charge in [0.1, 0.15) is 11.4 Å². The monoisotopic (exact) mass is 409 g/mol. The summed E-state index contributed by atoms with van der Waals surface area (Å²) in [6.45, 7) is 3.80. The number of carbonyl (C=O) groups is 2. The summed E-state index contributed by atoms with van der Waals surface area (Å²) in [7, 11) is 3.01. The molecule has 0 spiro atoms. The van der Waals surface area contributed by atoms with E-state index in [9.17, 15) is 14.7 Å². The van der Waals surface area contributed by atoms with Crippen molar-refractivity contribution in [2.45, 2.75) is 26.4 Å². The molecule has 0 fully saturated rings. The van der Waals surface area contributed by atoms with Gasteiger partial charge in [0.25, 0.3) is 0 Å². The Kier molecular flexibility index (Phi) is 6.20. The second-order valence-electron chi connectivity index (χ2n) is 6.98. The molecule has 7 heteroatoms. The fourth-order valence-electron chi connectivity index (χ4n) is 3.17. The van der Waals surface area contributed by atoms with E-state index >= 15 is 0 Å². The zero-order chi connectivity index (χ0) is 21.8. The minimum Gasteiger partial charge on any atom is -0.493 e. The molecule has 0 unspecified atom stereocenters. The van der Waals surface area contributed by atoms with E-state index < -0.39 is 5.97 Å². The number of benzene rings is 2. The van der Waals surface area contributed by atoms with Crippen LogP contribution in [0.4, 0.5) is 0 Å². The normalized spacial score (nSPS) is 10.8. The molecular formula is C23H23NO6. The second-order valence-corrected chi connectivity index (χ2v) is 6.98. The largest absolute Gasteiger partial charge is 0.493 e. The number of carbonyl (C=O) groups excluding carboxylic acids is 1. The summed E-state index contributed by atoms with van der Waals surface area (Å²) >= 11 is 0. The van der Waals surface area contributed by atoms with Crippen LogP contribution in [0.2, 0.25) is 0 Å². The molecule has 7 nitrogen and oxygen atoms in total. The van der Waals surface area contributed by atoms with Gasteiger partial charge >= 0.3 is 5.97 Å². The number of aromatic nitrogens is 1. The lowest BCUT2D eigenvalue weighted by atomic mass is 10.00. The van der Waals surface area contributed by atoms with E-state index in [1.54, 1.807) is 42.5 Å².